The van der Waals surface area contributed by atoms with E-state index in [-0.39, 0.29) is 16.6 Å². The first kappa shape index (κ1) is 18.0. The Balaban J connectivity index is 2.92. The molecule has 3 nitrogen and oxygen atoms in total. The SMILES string of the molecule is CCC(CC)(CNc1cc(OC(C)C)c(F)cc1N)SC. The molecule has 0 unspecified atom stereocenters. The van der Waals surface area contributed by atoms with Gasteiger partial charge in [-0.3, -0.25) is 0 Å². The molecule has 3 N–H and O–H groups in total. The minimum Gasteiger partial charge on any atom is -0.488 e. The number of hydrogen-bond donors (Lipinski definition) is 2. The highest BCUT2D eigenvalue weighted by Gasteiger charge is 2.25. The molecule has 0 aliphatic heterocycles. The Morgan fingerprint density at radius 3 is 2.43 bits per heavy atom. The first-order valence-corrected chi connectivity index (χ1v) is 8.64. The van der Waals surface area contributed by atoms with Gasteiger partial charge in [0, 0.05) is 23.4 Å². The number of thioether (sulfide) groups is 1. The summed E-state index contributed by atoms with van der Waals surface area (Å²) in [6, 6.07) is 2.97. The number of rotatable bonds is 8. The lowest BCUT2D eigenvalue weighted by atomic mass is 10.0. The zero-order valence-corrected chi connectivity index (χ0v) is 14.4. The van der Waals surface area contributed by atoms with E-state index < -0.39 is 5.82 Å². The van der Waals surface area contributed by atoms with Crippen molar-refractivity contribution in [2.24, 2.45) is 0 Å². The van der Waals surface area contributed by atoms with Crippen LogP contribution >= 0.6 is 11.8 Å². The van der Waals surface area contributed by atoms with Crippen LogP contribution in [0.3, 0.4) is 0 Å². The third kappa shape index (κ3) is 4.70. The van der Waals surface area contributed by atoms with Gasteiger partial charge in [-0.2, -0.15) is 11.8 Å². The van der Waals surface area contributed by atoms with Gasteiger partial charge >= 0.3 is 0 Å². The first-order chi connectivity index (χ1) is 9.87. The van der Waals surface area contributed by atoms with E-state index >= 15 is 0 Å². The van der Waals surface area contributed by atoms with Crippen LogP contribution in [0.4, 0.5) is 15.8 Å². The predicted octanol–water partition coefficient (Wildman–Crippen LogP) is 4.53. The molecule has 0 atom stereocenters. The summed E-state index contributed by atoms with van der Waals surface area (Å²) in [4.78, 5) is 0. The summed E-state index contributed by atoms with van der Waals surface area (Å²) in [7, 11) is 0. The fraction of sp³-hybridized carbons (Fsp3) is 0.625. The van der Waals surface area contributed by atoms with Crippen LogP contribution in [0.2, 0.25) is 0 Å². The smallest absolute Gasteiger partial charge is 0.167 e. The molecule has 5 heteroatoms. The summed E-state index contributed by atoms with van der Waals surface area (Å²) < 4.78 is 19.5. The Morgan fingerprint density at radius 1 is 1.33 bits per heavy atom. The maximum atomic E-state index is 13.8. The molecular weight excluding hydrogens is 287 g/mol. The van der Waals surface area contributed by atoms with Crippen LogP contribution in [0.1, 0.15) is 40.5 Å². The number of anilines is 2. The number of nitrogen functional groups attached to an aromatic ring is 1. The Labute approximate surface area is 131 Å². The van der Waals surface area contributed by atoms with Crippen molar-refractivity contribution in [2.45, 2.75) is 51.4 Å². The molecule has 120 valence electrons. The molecule has 0 saturated heterocycles. The van der Waals surface area contributed by atoms with Crippen molar-refractivity contribution in [3.8, 4) is 5.75 Å². The topological polar surface area (TPSA) is 47.3 Å². The van der Waals surface area contributed by atoms with Gasteiger partial charge in [0.1, 0.15) is 0 Å². The second kappa shape index (κ2) is 7.78. The van der Waals surface area contributed by atoms with E-state index in [4.69, 9.17) is 10.5 Å². The maximum absolute atomic E-state index is 13.8. The molecule has 0 saturated carbocycles. The van der Waals surface area contributed by atoms with Crippen LogP contribution in [-0.4, -0.2) is 23.7 Å². The van der Waals surface area contributed by atoms with Crippen LogP contribution in [0.15, 0.2) is 12.1 Å². The molecular formula is C16H27FN2OS. The average Bonchev–Trinajstić information content (AvgIpc) is 2.45. The van der Waals surface area contributed by atoms with Gasteiger partial charge in [0.15, 0.2) is 11.6 Å². The number of nitrogens with one attached hydrogen (secondary N) is 1. The number of halogens is 1. The lowest BCUT2D eigenvalue weighted by Gasteiger charge is -2.30. The molecule has 1 aromatic carbocycles. The molecule has 0 aliphatic carbocycles. The van der Waals surface area contributed by atoms with Gasteiger partial charge in [0.25, 0.3) is 0 Å². The third-order valence-corrected chi connectivity index (χ3v) is 5.38. The number of hydrogen-bond acceptors (Lipinski definition) is 4. The Hall–Kier alpha value is -1.10. The highest BCUT2D eigenvalue weighted by molar-refractivity contribution is 8.00. The van der Waals surface area contributed by atoms with Crippen LogP contribution in [0, 0.1) is 5.82 Å². The molecule has 0 radical (unpaired) electrons. The molecule has 0 aromatic heterocycles. The van der Waals surface area contributed by atoms with Crippen LogP contribution in [0.5, 0.6) is 5.75 Å². The quantitative estimate of drug-likeness (QED) is 0.692. The lowest BCUT2D eigenvalue weighted by Crippen LogP contribution is -2.32. The fourth-order valence-electron chi connectivity index (χ4n) is 2.18. The lowest BCUT2D eigenvalue weighted by molar-refractivity contribution is 0.231. The van der Waals surface area contributed by atoms with Crippen molar-refractivity contribution in [3.63, 3.8) is 0 Å². The molecule has 1 aromatic rings. The third-order valence-electron chi connectivity index (χ3n) is 3.79. The van der Waals surface area contributed by atoms with Crippen molar-refractivity contribution in [1.82, 2.24) is 0 Å². The Bertz CT molecular complexity index is 454. The van der Waals surface area contributed by atoms with Gasteiger partial charge in [-0.1, -0.05) is 13.8 Å². The predicted molar refractivity (Wildman–Crippen MR) is 91.9 cm³/mol. The van der Waals surface area contributed by atoms with E-state index in [1.54, 1.807) is 6.07 Å². The standard InChI is InChI=1S/C16H27FN2OS/c1-6-16(7-2,21-5)10-19-14-9-15(20-11(3)4)12(17)8-13(14)18/h8-9,11,19H,6-7,10,18H2,1-5H3. The van der Waals surface area contributed by atoms with Crippen LogP contribution < -0.4 is 15.8 Å². The van der Waals surface area contributed by atoms with Crippen molar-refractivity contribution in [3.05, 3.63) is 17.9 Å². The van der Waals surface area contributed by atoms with E-state index in [1.165, 1.54) is 6.07 Å². The molecule has 0 fully saturated rings. The molecule has 0 aliphatic rings. The zero-order chi connectivity index (χ0) is 16.0. The van der Waals surface area contributed by atoms with Crippen molar-refractivity contribution in [1.29, 1.82) is 0 Å². The second-order valence-corrected chi connectivity index (χ2v) is 6.76. The van der Waals surface area contributed by atoms with Gasteiger partial charge in [-0.05, 0) is 32.9 Å². The van der Waals surface area contributed by atoms with Crippen molar-refractivity contribution in [2.75, 3.05) is 23.9 Å². The summed E-state index contributed by atoms with van der Waals surface area (Å²) in [5, 5.41) is 3.35. The minimum atomic E-state index is -0.422. The molecule has 21 heavy (non-hydrogen) atoms. The molecule has 0 bridgehead atoms. The van der Waals surface area contributed by atoms with E-state index in [1.807, 2.05) is 25.6 Å². The number of ether oxygens (including phenoxy) is 1. The monoisotopic (exact) mass is 314 g/mol. The second-order valence-electron chi connectivity index (χ2n) is 5.48. The number of benzene rings is 1. The summed E-state index contributed by atoms with van der Waals surface area (Å²) >= 11 is 1.85. The van der Waals surface area contributed by atoms with Crippen molar-refractivity contribution >= 4 is 23.1 Å². The van der Waals surface area contributed by atoms with Gasteiger partial charge in [0.05, 0.1) is 17.5 Å². The summed E-state index contributed by atoms with van der Waals surface area (Å²) in [6.45, 7) is 8.90. The van der Waals surface area contributed by atoms with Gasteiger partial charge < -0.3 is 15.8 Å². The van der Waals surface area contributed by atoms with Gasteiger partial charge in [-0.25, -0.2) is 4.39 Å². The average molecular weight is 314 g/mol. The Morgan fingerprint density at radius 2 is 1.95 bits per heavy atom. The number of nitrogens with two attached hydrogens (primary N) is 1. The van der Waals surface area contributed by atoms with Gasteiger partial charge in [-0.15, -0.1) is 0 Å². The van der Waals surface area contributed by atoms with E-state index in [0.717, 1.165) is 25.1 Å². The largest absolute Gasteiger partial charge is 0.488 e. The summed E-state index contributed by atoms with van der Waals surface area (Å²) in [5.41, 5.74) is 7.05. The Kier molecular flexibility index (Phi) is 6.65. The summed E-state index contributed by atoms with van der Waals surface area (Å²) in [5.74, 6) is -0.182. The highest BCUT2D eigenvalue weighted by Crippen LogP contribution is 2.33. The fourth-order valence-corrected chi connectivity index (χ4v) is 2.98. The molecule has 0 amide bonds. The first-order valence-electron chi connectivity index (χ1n) is 7.42. The maximum Gasteiger partial charge on any atom is 0.167 e. The van der Waals surface area contributed by atoms with E-state index in [0.29, 0.717) is 5.69 Å². The van der Waals surface area contributed by atoms with Crippen LogP contribution in [-0.2, 0) is 0 Å². The zero-order valence-electron chi connectivity index (χ0n) is 13.6. The van der Waals surface area contributed by atoms with E-state index in [9.17, 15) is 4.39 Å². The van der Waals surface area contributed by atoms with E-state index in [2.05, 4.69) is 25.4 Å². The minimum absolute atomic E-state index is 0.0763. The molecule has 0 spiro atoms. The van der Waals surface area contributed by atoms with Crippen molar-refractivity contribution < 1.29 is 9.13 Å². The van der Waals surface area contributed by atoms with Gasteiger partial charge in [0.2, 0.25) is 0 Å². The summed E-state index contributed by atoms with van der Waals surface area (Å²) in [6.07, 6.45) is 4.17. The van der Waals surface area contributed by atoms with Crippen LogP contribution in [0.25, 0.3) is 0 Å². The highest BCUT2D eigenvalue weighted by atomic mass is 32.2. The molecule has 1 rings (SSSR count). The normalized spacial score (nSPS) is 11.8. The molecule has 0 heterocycles.